The summed E-state index contributed by atoms with van der Waals surface area (Å²) in [5, 5.41) is 3.94. The number of nitrogens with zero attached hydrogens (tertiary/aromatic N) is 2. The van der Waals surface area contributed by atoms with Crippen LogP contribution in [-0.4, -0.2) is 27.7 Å². The lowest BCUT2D eigenvalue weighted by atomic mass is 10.1. The van der Waals surface area contributed by atoms with Crippen molar-refractivity contribution in [3.8, 4) is 0 Å². The standard InChI is InChI=1S/C15H18BrN3O/c1-11(10-16)3-2-6-19-15(20)12-4-5-13-14(9-12)18-8-7-17-13/h4-5,7-9,11H,2-3,6,10H2,1H3,(H,19,20). The van der Waals surface area contributed by atoms with Crippen molar-refractivity contribution < 1.29 is 4.79 Å². The Kier molecular flexibility index (Phi) is 5.47. The smallest absolute Gasteiger partial charge is 0.251 e. The van der Waals surface area contributed by atoms with Gasteiger partial charge < -0.3 is 5.32 Å². The highest BCUT2D eigenvalue weighted by molar-refractivity contribution is 9.09. The second kappa shape index (κ2) is 7.33. The number of amides is 1. The van der Waals surface area contributed by atoms with Crippen molar-refractivity contribution in [3.05, 3.63) is 36.2 Å². The summed E-state index contributed by atoms with van der Waals surface area (Å²) in [7, 11) is 0. The molecule has 4 nitrogen and oxygen atoms in total. The van der Waals surface area contributed by atoms with Crippen LogP contribution in [-0.2, 0) is 0 Å². The SMILES string of the molecule is CC(CBr)CCCNC(=O)c1ccc2nccnc2c1. The van der Waals surface area contributed by atoms with Crippen molar-refractivity contribution in [2.75, 3.05) is 11.9 Å². The molecule has 0 bridgehead atoms. The Hall–Kier alpha value is -1.49. The molecule has 1 atom stereocenters. The lowest BCUT2D eigenvalue weighted by Crippen LogP contribution is -2.24. The van der Waals surface area contributed by atoms with Crippen molar-refractivity contribution in [2.45, 2.75) is 19.8 Å². The van der Waals surface area contributed by atoms with Gasteiger partial charge in [-0.15, -0.1) is 0 Å². The summed E-state index contributed by atoms with van der Waals surface area (Å²) in [5.41, 5.74) is 2.18. The van der Waals surface area contributed by atoms with Crippen LogP contribution in [0.15, 0.2) is 30.6 Å². The van der Waals surface area contributed by atoms with Gasteiger partial charge in [0.2, 0.25) is 0 Å². The number of halogens is 1. The molecule has 0 aliphatic carbocycles. The van der Waals surface area contributed by atoms with Crippen molar-refractivity contribution in [3.63, 3.8) is 0 Å². The molecule has 1 heterocycles. The van der Waals surface area contributed by atoms with Crippen molar-refractivity contribution in [1.82, 2.24) is 15.3 Å². The molecule has 1 amide bonds. The third-order valence-electron chi connectivity index (χ3n) is 3.15. The lowest BCUT2D eigenvalue weighted by Gasteiger charge is -2.08. The van der Waals surface area contributed by atoms with Crippen molar-refractivity contribution in [2.24, 2.45) is 5.92 Å². The number of benzene rings is 1. The zero-order valence-corrected chi connectivity index (χ0v) is 13.1. The van der Waals surface area contributed by atoms with E-state index in [1.165, 1.54) is 0 Å². The molecule has 5 heteroatoms. The molecule has 106 valence electrons. The first kappa shape index (κ1) is 14.9. The molecule has 0 spiro atoms. The second-order valence-electron chi connectivity index (χ2n) is 4.92. The van der Waals surface area contributed by atoms with Gasteiger partial charge in [-0.3, -0.25) is 14.8 Å². The highest BCUT2D eigenvalue weighted by Gasteiger charge is 2.07. The van der Waals surface area contributed by atoms with E-state index in [0.717, 1.165) is 29.2 Å². The Bertz CT molecular complexity index is 588. The maximum atomic E-state index is 12.0. The molecule has 0 aliphatic heterocycles. The van der Waals surface area contributed by atoms with Crippen molar-refractivity contribution >= 4 is 32.9 Å². The minimum absolute atomic E-state index is 0.0518. The average Bonchev–Trinajstić information content (AvgIpc) is 2.50. The molecule has 20 heavy (non-hydrogen) atoms. The monoisotopic (exact) mass is 335 g/mol. The van der Waals surface area contributed by atoms with Crippen LogP contribution >= 0.6 is 15.9 Å². The number of hydrogen-bond donors (Lipinski definition) is 1. The summed E-state index contributed by atoms with van der Waals surface area (Å²) < 4.78 is 0. The van der Waals surface area contributed by atoms with Crippen LogP contribution in [0.1, 0.15) is 30.1 Å². The molecule has 1 aromatic carbocycles. The molecule has 0 aliphatic rings. The maximum Gasteiger partial charge on any atom is 0.251 e. The van der Waals surface area contributed by atoms with Gasteiger partial charge in [0.1, 0.15) is 0 Å². The molecule has 1 N–H and O–H groups in total. The normalized spacial score (nSPS) is 12.3. The van der Waals surface area contributed by atoms with E-state index in [1.807, 2.05) is 6.07 Å². The molecule has 0 saturated carbocycles. The maximum absolute atomic E-state index is 12.0. The molecular weight excluding hydrogens is 318 g/mol. The summed E-state index contributed by atoms with van der Waals surface area (Å²) in [6.07, 6.45) is 5.37. The van der Waals surface area contributed by atoms with Gasteiger partial charge in [-0.25, -0.2) is 0 Å². The molecule has 0 fully saturated rings. The summed E-state index contributed by atoms with van der Waals surface area (Å²) >= 11 is 3.46. The summed E-state index contributed by atoms with van der Waals surface area (Å²) in [6.45, 7) is 2.90. The van der Waals surface area contributed by atoms with E-state index in [1.54, 1.807) is 24.5 Å². The number of rotatable bonds is 6. The van der Waals surface area contributed by atoms with Crippen LogP contribution in [0.3, 0.4) is 0 Å². The van der Waals surface area contributed by atoms with Crippen LogP contribution in [0, 0.1) is 5.92 Å². The van der Waals surface area contributed by atoms with Crippen LogP contribution in [0.4, 0.5) is 0 Å². The summed E-state index contributed by atoms with van der Waals surface area (Å²) in [6, 6.07) is 5.39. The van der Waals surface area contributed by atoms with E-state index in [2.05, 4.69) is 38.1 Å². The van der Waals surface area contributed by atoms with Crippen LogP contribution in [0.2, 0.25) is 0 Å². The highest BCUT2D eigenvalue weighted by Crippen LogP contribution is 2.11. The van der Waals surface area contributed by atoms with Crippen LogP contribution in [0.5, 0.6) is 0 Å². The average molecular weight is 336 g/mol. The van der Waals surface area contributed by atoms with E-state index < -0.39 is 0 Å². The predicted octanol–water partition coefficient (Wildman–Crippen LogP) is 3.17. The third kappa shape index (κ3) is 4.00. The van der Waals surface area contributed by atoms with Gasteiger partial charge in [0.05, 0.1) is 11.0 Å². The molecular formula is C15H18BrN3O. The molecule has 2 rings (SSSR count). The van der Waals surface area contributed by atoms with E-state index >= 15 is 0 Å². The Morgan fingerprint density at radius 1 is 1.30 bits per heavy atom. The Balaban J connectivity index is 1.91. The van der Waals surface area contributed by atoms with Crippen LogP contribution in [0.25, 0.3) is 11.0 Å². The molecule has 0 radical (unpaired) electrons. The first-order valence-electron chi connectivity index (χ1n) is 6.75. The van der Waals surface area contributed by atoms with Gasteiger partial charge in [-0.05, 0) is 37.0 Å². The van der Waals surface area contributed by atoms with Gasteiger partial charge >= 0.3 is 0 Å². The molecule has 1 aromatic heterocycles. The third-order valence-corrected chi connectivity index (χ3v) is 4.26. The van der Waals surface area contributed by atoms with E-state index in [9.17, 15) is 4.79 Å². The quantitative estimate of drug-likeness (QED) is 0.651. The van der Waals surface area contributed by atoms with Gasteiger partial charge in [0, 0.05) is 29.8 Å². The molecule has 0 saturated heterocycles. The summed E-state index contributed by atoms with van der Waals surface area (Å²) in [4.78, 5) is 20.4. The second-order valence-corrected chi connectivity index (χ2v) is 5.56. The fraction of sp³-hybridized carbons (Fsp3) is 0.400. The van der Waals surface area contributed by atoms with E-state index in [0.29, 0.717) is 18.0 Å². The number of fused-ring (bicyclic) bond motifs is 1. The number of hydrogen-bond acceptors (Lipinski definition) is 3. The first-order chi connectivity index (χ1) is 9.70. The Labute approximate surface area is 127 Å². The van der Waals surface area contributed by atoms with Gasteiger partial charge in [0.15, 0.2) is 0 Å². The lowest BCUT2D eigenvalue weighted by molar-refractivity contribution is 0.0952. The molecule has 2 aromatic rings. The topological polar surface area (TPSA) is 54.9 Å². The number of aromatic nitrogens is 2. The van der Waals surface area contributed by atoms with E-state index in [-0.39, 0.29) is 5.91 Å². The fourth-order valence-corrected chi connectivity index (χ4v) is 2.26. The van der Waals surface area contributed by atoms with Gasteiger partial charge in [0.25, 0.3) is 5.91 Å². The van der Waals surface area contributed by atoms with Gasteiger partial charge in [-0.1, -0.05) is 22.9 Å². The van der Waals surface area contributed by atoms with Crippen molar-refractivity contribution in [1.29, 1.82) is 0 Å². The zero-order valence-electron chi connectivity index (χ0n) is 11.5. The number of carbonyl (C=O) groups is 1. The molecule has 1 unspecified atom stereocenters. The first-order valence-corrected chi connectivity index (χ1v) is 7.88. The number of nitrogens with one attached hydrogen (secondary N) is 1. The minimum atomic E-state index is -0.0518. The fourth-order valence-electron chi connectivity index (χ4n) is 1.94. The summed E-state index contributed by atoms with van der Waals surface area (Å²) in [5.74, 6) is 0.590. The Morgan fingerprint density at radius 3 is 2.80 bits per heavy atom. The largest absolute Gasteiger partial charge is 0.352 e. The minimum Gasteiger partial charge on any atom is -0.352 e. The van der Waals surface area contributed by atoms with Gasteiger partial charge in [-0.2, -0.15) is 0 Å². The predicted molar refractivity (Wildman–Crippen MR) is 84.1 cm³/mol. The Morgan fingerprint density at radius 2 is 2.05 bits per heavy atom. The number of carbonyl (C=O) groups excluding carboxylic acids is 1. The van der Waals surface area contributed by atoms with E-state index in [4.69, 9.17) is 0 Å². The highest BCUT2D eigenvalue weighted by atomic mass is 79.9. The zero-order chi connectivity index (χ0) is 14.4. The number of alkyl halides is 1. The van der Waals surface area contributed by atoms with Crippen LogP contribution < -0.4 is 5.32 Å².